The molecule has 0 aliphatic carbocycles. The van der Waals surface area contributed by atoms with Gasteiger partial charge in [-0.3, -0.25) is 0 Å². The highest BCUT2D eigenvalue weighted by molar-refractivity contribution is 9.10. The first-order valence-corrected chi connectivity index (χ1v) is 8.53. The van der Waals surface area contributed by atoms with Crippen molar-refractivity contribution in [3.63, 3.8) is 0 Å². The number of hydrogen-bond acceptors (Lipinski definition) is 3. The van der Waals surface area contributed by atoms with E-state index in [4.69, 9.17) is 4.74 Å². The molecule has 2 nitrogen and oxygen atoms in total. The van der Waals surface area contributed by atoms with Gasteiger partial charge in [-0.1, -0.05) is 53.7 Å². The molecule has 0 fully saturated rings. The summed E-state index contributed by atoms with van der Waals surface area (Å²) >= 11 is 5.32. The summed E-state index contributed by atoms with van der Waals surface area (Å²) in [7, 11) is 1.70. The van der Waals surface area contributed by atoms with Crippen LogP contribution in [0.1, 0.15) is 19.4 Å². The van der Waals surface area contributed by atoms with E-state index in [1.165, 1.54) is 15.4 Å². The Labute approximate surface area is 139 Å². The zero-order valence-corrected chi connectivity index (χ0v) is 14.9. The molecule has 0 bridgehead atoms. The molecule has 0 amide bonds. The minimum absolute atomic E-state index is 0.475. The van der Waals surface area contributed by atoms with Crippen LogP contribution in [0.5, 0.6) is 5.75 Å². The number of hydrogen-bond donors (Lipinski definition) is 1. The fourth-order valence-corrected chi connectivity index (χ4v) is 3.42. The van der Waals surface area contributed by atoms with E-state index < -0.39 is 0 Å². The largest absolute Gasteiger partial charge is 0.497 e. The molecule has 4 heteroatoms. The lowest BCUT2D eigenvalue weighted by atomic mass is 10.2. The zero-order valence-electron chi connectivity index (χ0n) is 12.5. The highest BCUT2D eigenvalue weighted by Crippen LogP contribution is 2.34. The van der Waals surface area contributed by atoms with Crippen molar-refractivity contribution >= 4 is 27.7 Å². The summed E-state index contributed by atoms with van der Waals surface area (Å²) in [5.74, 6) is 0.886. The summed E-state index contributed by atoms with van der Waals surface area (Å²) in [6.45, 7) is 5.19. The van der Waals surface area contributed by atoms with Gasteiger partial charge < -0.3 is 10.1 Å². The van der Waals surface area contributed by atoms with Crippen molar-refractivity contribution in [1.82, 2.24) is 5.32 Å². The maximum absolute atomic E-state index is 5.29. The first kappa shape index (κ1) is 16.4. The van der Waals surface area contributed by atoms with Crippen LogP contribution in [-0.2, 0) is 6.54 Å². The van der Waals surface area contributed by atoms with Crippen LogP contribution < -0.4 is 10.1 Å². The van der Waals surface area contributed by atoms with Gasteiger partial charge in [-0.05, 0) is 35.9 Å². The van der Waals surface area contributed by atoms with Crippen LogP contribution in [-0.4, -0.2) is 13.2 Å². The first-order valence-electron chi connectivity index (χ1n) is 6.92. The zero-order chi connectivity index (χ0) is 15.2. The molecule has 2 aromatic carbocycles. The van der Waals surface area contributed by atoms with Crippen molar-refractivity contribution < 1.29 is 4.74 Å². The summed E-state index contributed by atoms with van der Waals surface area (Å²) in [6, 6.07) is 15.1. The van der Waals surface area contributed by atoms with Crippen molar-refractivity contribution in [1.29, 1.82) is 0 Å². The number of rotatable bonds is 6. The normalized spacial score (nSPS) is 10.9. The van der Waals surface area contributed by atoms with E-state index in [0.717, 1.165) is 16.8 Å². The Morgan fingerprint density at radius 2 is 2.00 bits per heavy atom. The Kier molecular flexibility index (Phi) is 6.15. The fourth-order valence-electron chi connectivity index (χ4n) is 1.88. The van der Waals surface area contributed by atoms with Crippen molar-refractivity contribution in [3.05, 3.63) is 52.5 Å². The van der Waals surface area contributed by atoms with Gasteiger partial charge in [0, 0.05) is 26.9 Å². The molecule has 0 aliphatic heterocycles. The Hall–Kier alpha value is -0.970. The van der Waals surface area contributed by atoms with Crippen molar-refractivity contribution in [2.24, 2.45) is 0 Å². The van der Waals surface area contributed by atoms with E-state index in [0.29, 0.717) is 6.04 Å². The van der Waals surface area contributed by atoms with Crippen molar-refractivity contribution in [2.75, 3.05) is 7.11 Å². The second kappa shape index (κ2) is 7.87. The van der Waals surface area contributed by atoms with Crippen LogP contribution >= 0.6 is 27.7 Å². The van der Waals surface area contributed by atoms with Crippen LogP contribution in [0.2, 0.25) is 0 Å². The number of ether oxygens (including phenoxy) is 1. The van der Waals surface area contributed by atoms with Gasteiger partial charge in [0.15, 0.2) is 0 Å². The van der Waals surface area contributed by atoms with Gasteiger partial charge in [0.25, 0.3) is 0 Å². The third-order valence-corrected chi connectivity index (χ3v) is 4.58. The molecule has 2 aromatic rings. The predicted octanol–water partition coefficient (Wildman–Crippen LogP) is 5.11. The minimum atomic E-state index is 0.475. The lowest BCUT2D eigenvalue weighted by Gasteiger charge is -2.13. The number of nitrogens with one attached hydrogen (secondary N) is 1. The predicted molar refractivity (Wildman–Crippen MR) is 93.2 cm³/mol. The fraction of sp³-hybridized carbons (Fsp3) is 0.294. The SMILES string of the molecule is COc1cccc(Sc2cc(Br)ccc2CNC(C)C)c1. The second-order valence-electron chi connectivity index (χ2n) is 5.07. The van der Waals surface area contributed by atoms with Gasteiger partial charge in [0.05, 0.1) is 7.11 Å². The van der Waals surface area contributed by atoms with Gasteiger partial charge in [0.2, 0.25) is 0 Å². The maximum atomic E-state index is 5.29. The molecule has 112 valence electrons. The molecule has 0 saturated heterocycles. The monoisotopic (exact) mass is 365 g/mol. The third-order valence-electron chi connectivity index (χ3n) is 3.00. The molecule has 0 saturated carbocycles. The van der Waals surface area contributed by atoms with Gasteiger partial charge in [-0.25, -0.2) is 0 Å². The van der Waals surface area contributed by atoms with Gasteiger partial charge in [-0.2, -0.15) is 0 Å². The highest BCUT2D eigenvalue weighted by atomic mass is 79.9. The lowest BCUT2D eigenvalue weighted by molar-refractivity contribution is 0.413. The smallest absolute Gasteiger partial charge is 0.119 e. The number of halogens is 1. The average Bonchev–Trinajstić information content (AvgIpc) is 2.46. The third kappa shape index (κ3) is 5.06. The Bertz CT molecular complexity index is 601. The molecular weight excluding hydrogens is 346 g/mol. The molecule has 1 N–H and O–H groups in total. The number of methoxy groups -OCH3 is 1. The van der Waals surface area contributed by atoms with Crippen LogP contribution in [0, 0.1) is 0 Å². The Morgan fingerprint density at radius 3 is 2.71 bits per heavy atom. The quantitative estimate of drug-likeness (QED) is 0.768. The summed E-state index contributed by atoms with van der Waals surface area (Å²) < 4.78 is 6.39. The van der Waals surface area contributed by atoms with Crippen LogP contribution in [0.25, 0.3) is 0 Å². The van der Waals surface area contributed by atoms with E-state index in [1.54, 1.807) is 18.9 Å². The summed E-state index contributed by atoms with van der Waals surface area (Å²) in [6.07, 6.45) is 0. The van der Waals surface area contributed by atoms with Gasteiger partial charge in [0.1, 0.15) is 5.75 Å². The van der Waals surface area contributed by atoms with Gasteiger partial charge in [-0.15, -0.1) is 0 Å². The van der Waals surface area contributed by atoms with E-state index in [9.17, 15) is 0 Å². The lowest BCUT2D eigenvalue weighted by Crippen LogP contribution is -2.22. The molecule has 0 spiro atoms. The summed E-state index contributed by atoms with van der Waals surface area (Å²) in [5, 5.41) is 3.48. The molecule has 21 heavy (non-hydrogen) atoms. The molecule has 0 unspecified atom stereocenters. The minimum Gasteiger partial charge on any atom is -0.497 e. The molecular formula is C17H20BrNOS. The van der Waals surface area contributed by atoms with Crippen LogP contribution in [0.4, 0.5) is 0 Å². The van der Waals surface area contributed by atoms with E-state index in [1.807, 2.05) is 12.1 Å². The Morgan fingerprint density at radius 1 is 1.19 bits per heavy atom. The Balaban J connectivity index is 2.22. The van der Waals surface area contributed by atoms with Crippen molar-refractivity contribution in [2.45, 2.75) is 36.2 Å². The van der Waals surface area contributed by atoms with Crippen LogP contribution in [0.15, 0.2) is 56.7 Å². The van der Waals surface area contributed by atoms with Gasteiger partial charge >= 0.3 is 0 Å². The van der Waals surface area contributed by atoms with E-state index in [2.05, 4.69) is 65.4 Å². The van der Waals surface area contributed by atoms with E-state index >= 15 is 0 Å². The maximum Gasteiger partial charge on any atom is 0.119 e. The summed E-state index contributed by atoms with van der Waals surface area (Å²) in [4.78, 5) is 2.43. The molecule has 0 atom stereocenters. The highest BCUT2D eigenvalue weighted by Gasteiger charge is 2.07. The molecule has 2 rings (SSSR count). The summed E-state index contributed by atoms with van der Waals surface area (Å²) in [5.41, 5.74) is 1.31. The first-order chi connectivity index (χ1) is 10.1. The molecule has 0 aromatic heterocycles. The number of benzene rings is 2. The standard InChI is InChI=1S/C17H20BrNOS/c1-12(2)19-11-13-7-8-14(18)9-17(13)21-16-6-4-5-15(10-16)20-3/h4-10,12,19H,11H2,1-3H3. The van der Waals surface area contributed by atoms with Crippen LogP contribution in [0.3, 0.4) is 0 Å². The topological polar surface area (TPSA) is 21.3 Å². The average molecular weight is 366 g/mol. The molecule has 0 aliphatic rings. The molecule has 0 radical (unpaired) electrons. The van der Waals surface area contributed by atoms with Crippen molar-refractivity contribution in [3.8, 4) is 5.75 Å². The molecule has 0 heterocycles. The second-order valence-corrected chi connectivity index (χ2v) is 7.10. The van der Waals surface area contributed by atoms with E-state index in [-0.39, 0.29) is 0 Å².